The van der Waals surface area contributed by atoms with E-state index in [0.717, 1.165) is 0 Å². The van der Waals surface area contributed by atoms with Gasteiger partial charge in [0.1, 0.15) is 6.02 Å². The zero-order valence-corrected chi connectivity index (χ0v) is 9.46. The van der Waals surface area contributed by atoms with E-state index < -0.39 is 66.7 Å². The van der Waals surface area contributed by atoms with Crippen LogP contribution in [0.2, 0.25) is 0 Å². The van der Waals surface area contributed by atoms with Crippen molar-refractivity contribution in [3.8, 4) is 0 Å². The minimum absolute atomic E-state index is 0.126. The number of anilines is 1. The van der Waals surface area contributed by atoms with Gasteiger partial charge < -0.3 is 10.6 Å². The first-order valence-electron chi connectivity index (χ1n) is 9.27. The fourth-order valence-electron chi connectivity index (χ4n) is 1.90. The summed E-state index contributed by atoms with van der Waals surface area (Å²) in [5.41, 5.74) is 4.81. The van der Waals surface area contributed by atoms with Gasteiger partial charge in [-0.1, -0.05) is 6.04 Å². The number of carbonyl (C=O) groups is 3. The molecule has 3 amide bonds. The molecule has 98 valence electrons. The van der Waals surface area contributed by atoms with E-state index in [0.29, 0.717) is 4.90 Å². The van der Waals surface area contributed by atoms with Gasteiger partial charge in [-0.3, -0.25) is 19.7 Å². The van der Waals surface area contributed by atoms with E-state index in [1.807, 2.05) is 0 Å². The van der Waals surface area contributed by atoms with Crippen LogP contribution in [0.4, 0.5) is 5.69 Å². The Bertz CT molecular complexity index is 934. The summed E-state index contributed by atoms with van der Waals surface area (Å²) in [6.45, 7) is -0.654. The summed E-state index contributed by atoms with van der Waals surface area (Å²) < 4.78 is 62.9. The number of piperidine rings is 1. The van der Waals surface area contributed by atoms with Crippen LogP contribution in [0.5, 0.6) is 0 Å². The van der Waals surface area contributed by atoms with Crippen LogP contribution in [0.25, 0.3) is 0 Å². The lowest BCUT2D eigenvalue weighted by Crippen LogP contribution is -2.52. The van der Waals surface area contributed by atoms with Crippen LogP contribution in [-0.4, -0.2) is 28.6 Å². The van der Waals surface area contributed by atoms with Crippen molar-refractivity contribution < 1.29 is 25.3 Å². The number of benzene rings is 1. The molecule has 1 aromatic carbocycles. The Morgan fingerprint density at radius 2 is 2.26 bits per heavy atom. The Hall–Kier alpha value is -2.37. The summed E-state index contributed by atoms with van der Waals surface area (Å²) in [6, 6.07) is -5.05. The van der Waals surface area contributed by atoms with Gasteiger partial charge in [0.05, 0.1) is 5.48 Å². The zero-order chi connectivity index (χ0) is 20.7. The molecule has 19 heavy (non-hydrogen) atoms. The first kappa shape index (κ1) is 5.73. The van der Waals surface area contributed by atoms with Gasteiger partial charge in [-0.2, -0.15) is 0 Å². The molecule has 1 aromatic rings. The van der Waals surface area contributed by atoms with Crippen molar-refractivity contribution in [3.63, 3.8) is 0 Å². The third kappa shape index (κ3) is 1.76. The average Bonchev–Trinajstić information content (AvgIpc) is 2.93. The molecule has 6 heteroatoms. The van der Waals surface area contributed by atoms with Gasteiger partial charge in [-0.05, 0) is 18.5 Å². The van der Waals surface area contributed by atoms with E-state index in [2.05, 4.69) is 0 Å². The molecule has 2 aliphatic rings. The summed E-state index contributed by atoms with van der Waals surface area (Å²) in [4.78, 5) is 37.2. The van der Waals surface area contributed by atoms with Gasteiger partial charge in [0.2, 0.25) is 11.8 Å². The molecule has 0 aromatic heterocycles. The van der Waals surface area contributed by atoms with E-state index in [4.69, 9.17) is 16.7 Å². The normalized spacial score (nSPS) is 37.7. The van der Waals surface area contributed by atoms with Crippen LogP contribution in [0.3, 0.4) is 0 Å². The summed E-state index contributed by atoms with van der Waals surface area (Å²) in [7, 11) is 0. The van der Waals surface area contributed by atoms with Gasteiger partial charge in [-0.15, -0.1) is 0 Å². The fraction of sp³-hybridized carbons (Fsp3) is 0.308. The maximum Gasteiger partial charge on any atom is 0.255 e. The first-order valence-corrected chi connectivity index (χ1v) is 5.27. The van der Waals surface area contributed by atoms with E-state index in [9.17, 15) is 14.4 Å². The predicted molar refractivity (Wildman–Crippen MR) is 66.9 cm³/mol. The molecule has 6 nitrogen and oxygen atoms in total. The minimum Gasteiger partial charge on any atom is -0.398 e. The molecule has 0 unspecified atom stereocenters. The van der Waals surface area contributed by atoms with E-state index in [1.54, 1.807) is 5.32 Å². The Labute approximate surface area is 120 Å². The molecule has 0 bridgehead atoms. The van der Waals surface area contributed by atoms with Crippen LogP contribution < -0.4 is 11.1 Å². The number of rotatable bonds is 1. The molecule has 3 N–H and O–H groups in total. The molecule has 0 radical (unpaired) electrons. The third-order valence-electron chi connectivity index (χ3n) is 2.79. The summed E-state index contributed by atoms with van der Waals surface area (Å²) in [5, 5.41) is 1.57. The number of fused-ring (bicyclic) bond motifs is 1. The van der Waals surface area contributed by atoms with Crippen LogP contribution in [-0.2, 0) is 16.1 Å². The number of hydrogen-bond donors (Lipinski definition) is 2. The van der Waals surface area contributed by atoms with Gasteiger partial charge >= 0.3 is 0 Å². The van der Waals surface area contributed by atoms with Crippen molar-refractivity contribution in [2.24, 2.45) is 0 Å². The molecule has 2 aliphatic heterocycles. The number of nitrogens with zero attached hydrogens (tertiary/aromatic N) is 1. The van der Waals surface area contributed by atoms with Crippen LogP contribution in [0.15, 0.2) is 18.1 Å². The second-order valence-electron chi connectivity index (χ2n) is 3.92. The van der Waals surface area contributed by atoms with Crippen molar-refractivity contribution in [1.29, 1.82) is 0 Å². The van der Waals surface area contributed by atoms with Crippen molar-refractivity contribution in [3.05, 3.63) is 29.3 Å². The van der Waals surface area contributed by atoms with Crippen LogP contribution in [0.1, 0.15) is 39.6 Å². The molecule has 1 atom stereocenters. The Morgan fingerprint density at radius 1 is 1.47 bits per heavy atom. The van der Waals surface area contributed by atoms with Gasteiger partial charge in [0.25, 0.3) is 5.91 Å². The lowest BCUT2D eigenvalue weighted by molar-refractivity contribution is -0.136. The van der Waals surface area contributed by atoms with E-state index in [1.165, 1.54) is 0 Å². The summed E-state index contributed by atoms with van der Waals surface area (Å²) in [5.74, 6) is -4.31. The van der Waals surface area contributed by atoms with E-state index in [-0.39, 0.29) is 11.3 Å². The number of nitrogens with two attached hydrogens (primary N) is 1. The molecule has 1 fully saturated rings. The van der Waals surface area contributed by atoms with Crippen LogP contribution in [0, 0.1) is 0 Å². The average molecular weight is 267 g/mol. The largest absolute Gasteiger partial charge is 0.398 e. The molecule has 1 saturated heterocycles. The lowest BCUT2D eigenvalue weighted by atomic mass is 10.0. The number of carbonyl (C=O) groups excluding carboxylic acids is 3. The maximum atomic E-state index is 12.8. The molecular formula is C13H13N3O3. The molecule has 3 rings (SSSR count). The Morgan fingerprint density at radius 3 is 3.05 bits per heavy atom. The van der Waals surface area contributed by atoms with Gasteiger partial charge in [-0.25, -0.2) is 0 Å². The minimum atomic E-state index is -3.44. The molecule has 0 saturated carbocycles. The molecular weight excluding hydrogens is 246 g/mol. The number of imide groups is 1. The van der Waals surface area contributed by atoms with Crippen molar-refractivity contribution in [1.82, 2.24) is 10.2 Å². The highest BCUT2D eigenvalue weighted by Crippen LogP contribution is 2.30. The van der Waals surface area contributed by atoms with E-state index >= 15 is 0 Å². The maximum absolute atomic E-state index is 12.8. The topological polar surface area (TPSA) is 92.5 Å². The molecule has 0 aliphatic carbocycles. The second kappa shape index (κ2) is 4.08. The van der Waals surface area contributed by atoms with Gasteiger partial charge in [0, 0.05) is 35.2 Å². The number of nitrogen functional groups attached to an aromatic ring is 1. The van der Waals surface area contributed by atoms with Crippen molar-refractivity contribution in [2.45, 2.75) is 25.3 Å². The second-order valence-corrected chi connectivity index (χ2v) is 3.92. The predicted octanol–water partition coefficient (Wildman–Crippen LogP) is 0.0298. The highest BCUT2D eigenvalue weighted by atomic mass is 16.2. The molecule has 0 spiro atoms. The highest BCUT2D eigenvalue weighted by molar-refractivity contribution is 6.06. The van der Waals surface area contributed by atoms with Crippen molar-refractivity contribution >= 4 is 23.4 Å². The Kier molecular flexibility index (Phi) is 1.23. The van der Waals surface area contributed by atoms with Crippen LogP contribution >= 0.6 is 0 Å². The number of hydrogen-bond acceptors (Lipinski definition) is 4. The SMILES string of the molecule is [2H]c1c([2H])c(N)c2c(c1[2H])C(=O)N([C@]1([2H])C(=O)NC(=O)C([2H])([2H])C1([2H])[2H])C2. The van der Waals surface area contributed by atoms with Crippen molar-refractivity contribution in [2.75, 3.05) is 5.73 Å². The summed E-state index contributed by atoms with van der Waals surface area (Å²) >= 11 is 0. The highest BCUT2D eigenvalue weighted by Gasteiger charge is 2.39. The monoisotopic (exact) mass is 267 g/mol. The fourth-order valence-corrected chi connectivity index (χ4v) is 1.90. The Balaban J connectivity index is 2.22. The number of amides is 3. The quantitative estimate of drug-likeness (QED) is 0.554. The molecule has 2 heterocycles. The summed E-state index contributed by atoms with van der Waals surface area (Å²) in [6.07, 6.45) is -6.75. The van der Waals surface area contributed by atoms with Gasteiger partial charge in [0.15, 0.2) is 0 Å². The first-order chi connectivity index (χ1) is 12.2. The number of nitrogens with one attached hydrogen (secondary N) is 1. The standard InChI is InChI=1S/C13H13N3O3/c14-9-3-1-2-7-8(9)6-16(13(7)19)10-4-5-11(17)15-12(10)18/h1-3,10H,4-6,14H2,(H,15,17,18)/t10-/m0/s1/i1D,2D,3D,4D2,5D2,10D. The third-order valence-corrected chi connectivity index (χ3v) is 2.79. The smallest absolute Gasteiger partial charge is 0.255 e. The lowest BCUT2D eigenvalue weighted by Gasteiger charge is -2.29. The zero-order valence-electron chi connectivity index (χ0n) is 17.5.